The average Bonchev–Trinajstić information content (AvgIpc) is 2.24. The first-order chi connectivity index (χ1) is 7.82. The lowest BCUT2D eigenvalue weighted by Gasteiger charge is -2.17. The molecule has 5 heteroatoms. The van der Waals surface area contributed by atoms with Crippen molar-refractivity contribution in [3.8, 4) is 0 Å². The van der Waals surface area contributed by atoms with Gasteiger partial charge in [0.15, 0.2) is 0 Å². The summed E-state index contributed by atoms with van der Waals surface area (Å²) in [5, 5.41) is 0. The molecule has 0 saturated carbocycles. The van der Waals surface area contributed by atoms with Crippen LogP contribution in [0.3, 0.4) is 0 Å². The van der Waals surface area contributed by atoms with Crippen molar-refractivity contribution in [3.05, 3.63) is 35.6 Å². The van der Waals surface area contributed by atoms with Crippen molar-refractivity contribution < 1.29 is 14.0 Å². The molecule has 2 amide bonds. The molecule has 0 aliphatic rings. The highest BCUT2D eigenvalue weighted by Gasteiger charge is 2.22. The Balaban J connectivity index is 2.63. The van der Waals surface area contributed by atoms with Gasteiger partial charge in [0.2, 0.25) is 5.91 Å². The first-order valence-electron chi connectivity index (χ1n) is 5.17. The van der Waals surface area contributed by atoms with Crippen LogP contribution in [0.1, 0.15) is 31.1 Å². The summed E-state index contributed by atoms with van der Waals surface area (Å²) in [6.45, 7) is 5.12. The molecule has 2 N–H and O–H groups in total. The fraction of sp³-hybridized carbons (Fsp3) is 0.333. The molecule has 0 radical (unpaired) electrons. The zero-order valence-corrected chi connectivity index (χ0v) is 10.0. The molecule has 0 bridgehead atoms. The molecule has 0 atom stereocenters. The molecule has 0 fully saturated rings. The summed E-state index contributed by atoms with van der Waals surface area (Å²) in [4.78, 5) is 23.0. The van der Waals surface area contributed by atoms with Gasteiger partial charge in [-0.1, -0.05) is 32.9 Å². The van der Waals surface area contributed by atoms with Crippen molar-refractivity contribution in [1.82, 2.24) is 10.9 Å². The maximum absolute atomic E-state index is 13.2. The lowest BCUT2D eigenvalue weighted by Crippen LogP contribution is -2.46. The monoisotopic (exact) mass is 238 g/mol. The first-order valence-corrected chi connectivity index (χ1v) is 5.17. The number of amides is 2. The van der Waals surface area contributed by atoms with Gasteiger partial charge in [-0.2, -0.15) is 0 Å². The molecule has 92 valence electrons. The quantitative estimate of drug-likeness (QED) is 0.731. The Morgan fingerprint density at radius 2 is 1.71 bits per heavy atom. The average molecular weight is 238 g/mol. The van der Waals surface area contributed by atoms with E-state index < -0.39 is 17.1 Å². The second-order valence-corrected chi connectivity index (χ2v) is 4.64. The van der Waals surface area contributed by atoms with Gasteiger partial charge in [0.25, 0.3) is 5.91 Å². The minimum Gasteiger partial charge on any atom is -0.273 e. The molecule has 0 heterocycles. The highest BCUT2D eigenvalue weighted by Crippen LogP contribution is 2.12. The van der Waals surface area contributed by atoms with Crippen LogP contribution in [0.25, 0.3) is 0 Å². The van der Waals surface area contributed by atoms with E-state index in [0.29, 0.717) is 0 Å². The van der Waals surface area contributed by atoms with Crippen LogP contribution < -0.4 is 10.9 Å². The minimum atomic E-state index is -0.680. The normalized spacial score (nSPS) is 10.8. The van der Waals surface area contributed by atoms with Crippen molar-refractivity contribution in [3.63, 3.8) is 0 Å². The number of nitrogens with one attached hydrogen (secondary N) is 2. The van der Waals surface area contributed by atoms with Gasteiger partial charge in [0.1, 0.15) is 5.82 Å². The maximum Gasteiger partial charge on any atom is 0.272 e. The molecule has 0 aromatic heterocycles. The van der Waals surface area contributed by atoms with Crippen LogP contribution in [0, 0.1) is 11.2 Å². The van der Waals surface area contributed by atoms with Crippen molar-refractivity contribution in [2.45, 2.75) is 20.8 Å². The van der Waals surface area contributed by atoms with Gasteiger partial charge in [-0.15, -0.1) is 0 Å². The van der Waals surface area contributed by atoms with Crippen molar-refractivity contribution >= 4 is 11.8 Å². The summed E-state index contributed by atoms with van der Waals surface area (Å²) in [5.41, 5.74) is 3.68. The van der Waals surface area contributed by atoms with E-state index in [1.54, 1.807) is 26.8 Å². The summed E-state index contributed by atoms with van der Waals surface area (Å²) in [6, 6.07) is 5.55. The van der Waals surface area contributed by atoms with Crippen LogP contribution >= 0.6 is 0 Å². The number of carbonyl (C=O) groups excluding carboxylic acids is 2. The van der Waals surface area contributed by atoms with Crippen LogP contribution in [0.2, 0.25) is 0 Å². The highest BCUT2D eigenvalue weighted by atomic mass is 19.1. The third-order valence-electron chi connectivity index (χ3n) is 2.09. The minimum absolute atomic E-state index is 0.110. The van der Waals surface area contributed by atoms with Crippen molar-refractivity contribution in [2.75, 3.05) is 0 Å². The molecule has 17 heavy (non-hydrogen) atoms. The standard InChI is InChI=1S/C12H15FN2O2/c1-12(2,3)11(17)15-14-10(16)8-6-4-5-7-9(8)13/h4-7H,1-3H3,(H,14,16)(H,15,17). The molecule has 0 spiro atoms. The number of hydrazine groups is 1. The van der Waals surface area contributed by atoms with Gasteiger partial charge in [-0.25, -0.2) is 4.39 Å². The van der Waals surface area contributed by atoms with Gasteiger partial charge in [0, 0.05) is 5.41 Å². The van der Waals surface area contributed by atoms with Crippen molar-refractivity contribution in [2.24, 2.45) is 5.41 Å². The third kappa shape index (κ3) is 3.55. The number of rotatable bonds is 1. The predicted octanol–water partition coefficient (Wildman–Crippen LogP) is 1.63. The van der Waals surface area contributed by atoms with Gasteiger partial charge in [-0.3, -0.25) is 20.4 Å². The molecule has 1 aromatic rings. The number of hydrogen-bond donors (Lipinski definition) is 2. The fourth-order valence-corrected chi connectivity index (χ4v) is 1.01. The largest absolute Gasteiger partial charge is 0.273 e. The van der Waals surface area contributed by atoms with E-state index in [0.717, 1.165) is 0 Å². The van der Waals surface area contributed by atoms with Gasteiger partial charge < -0.3 is 0 Å². The van der Waals surface area contributed by atoms with Gasteiger partial charge in [0.05, 0.1) is 5.56 Å². The summed E-state index contributed by atoms with van der Waals surface area (Å²) in [5.74, 6) is -1.65. The molecule has 4 nitrogen and oxygen atoms in total. The molecule has 1 rings (SSSR count). The Labute approximate surface area is 99.2 Å². The molecule has 0 aliphatic carbocycles. The van der Waals surface area contributed by atoms with Crippen LogP contribution in [-0.4, -0.2) is 11.8 Å². The van der Waals surface area contributed by atoms with Crippen LogP contribution in [0.4, 0.5) is 4.39 Å². The SMILES string of the molecule is CC(C)(C)C(=O)NNC(=O)c1ccccc1F. The van der Waals surface area contributed by atoms with E-state index >= 15 is 0 Å². The number of hydrogen-bond acceptors (Lipinski definition) is 2. The summed E-state index contributed by atoms with van der Waals surface area (Å²) < 4.78 is 13.2. The molecular weight excluding hydrogens is 223 g/mol. The van der Waals surface area contributed by atoms with Crippen LogP contribution in [-0.2, 0) is 4.79 Å². The van der Waals surface area contributed by atoms with E-state index in [1.807, 2.05) is 0 Å². The van der Waals surface area contributed by atoms with Crippen molar-refractivity contribution in [1.29, 1.82) is 0 Å². The molecule has 0 unspecified atom stereocenters. The molecule has 0 saturated heterocycles. The zero-order valence-electron chi connectivity index (χ0n) is 10.0. The summed E-state index contributed by atoms with van der Waals surface area (Å²) in [7, 11) is 0. The summed E-state index contributed by atoms with van der Waals surface area (Å²) in [6.07, 6.45) is 0. The number of halogens is 1. The second-order valence-electron chi connectivity index (χ2n) is 4.64. The smallest absolute Gasteiger partial charge is 0.272 e. The maximum atomic E-state index is 13.2. The Kier molecular flexibility index (Phi) is 3.83. The second kappa shape index (κ2) is 4.95. The predicted molar refractivity (Wildman–Crippen MR) is 61.5 cm³/mol. The lowest BCUT2D eigenvalue weighted by molar-refractivity contribution is -0.129. The Bertz CT molecular complexity index is 438. The molecular formula is C12H15FN2O2. The highest BCUT2D eigenvalue weighted by molar-refractivity contribution is 5.96. The Hall–Kier alpha value is -1.91. The van der Waals surface area contributed by atoms with E-state index in [9.17, 15) is 14.0 Å². The lowest BCUT2D eigenvalue weighted by atomic mass is 9.96. The van der Waals surface area contributed by atoms with E-state index in [2.05, 4.69) is 10.9 Å². The summed E-state index contributed by atoms with van der Waals surface area (Å²) >= 11 is 0. The number of carbonyl (C=O) groups is 2. The van der Waals surface area contributed by atoms with E-state index in [4.69, 9.17) is 0 Å². The number of benzene rings is 1. The Morgan fingerprint density at radius 1 is 1.12 bits per heavy atom. The van der Waals surface area contributed by atoms with Crippen LogP contribution in [0.15, 0.2) is 24.3 Å². The topological polar surface area (TPSA) is 58.2 Å². The zero-order chi connectivity index (χ0) is 13.1. The first kappa shape index (κ1) is 13.2. The molecule has 1 aromatic carbocycles. The fourth-order valence-electron chi connectivity index (χ4n) is 1.01. The van der Waals surface area contributed by atoms with E-state index in [1.165, 1.54) is 18.2 Å². The van der Waals surface area contributed by atoms with Gasteiger partial charge >= 0.3 is 0 Å². The van der Waals surface area contributed by atoms with Gasteiger partial charge in [-0.05, 0) is 12.1 Å². The Morgan fingerprint density at radius 3 is 2.24 bits per heavy atom. The van der Waals surface area contributed by atoms with E-state index in [-0.39, 0.29) is 11.5 Å². The van der Waals surface area contributed by atoms with Crippen LogP contribution in [0.5, 0.6) is 0 Å². The third-order valence-corrected chi connectivity index (χ3v) is 2.09. The molecule has 0 aliphatic heterocycles.